The quantitative estimate of drug-likeness (QED) is 0.448. The first-order chi connectivity index (χ1) is 12.9. The molecular formula is C20H23Cl2N3OS2. The lowest BCUT2D eigenvalue weighted by Crippen LogP contribution is -2.37. The van der Waals surface area contributed by atoms with Crippen molar-refractivity contribution in [1.29, 1.82) is 0 Å². The van der Waals surface area contributed by atoms with Crippen molar-refractivity contribution in [3.8, 4) is 0 Å². The van der Waals surface area contributed by atoms with E-state index >= 15 is 0 Å². The van der Waals surface area contributed by atoms with Crippen LogP contribution in [0.1, 0.15) is 5.56 Å². The van der Waals surface area contributed by atoms with Crippen LogP contribution in [0.4, 0.5) is 5.13 Å². The molecule has 0 spiro atoms. The van der Waals surface area contributed by atoms with Crippen molar-refractivity contribution >= 4 is 68.4 Å². The van der Waals surface area contributed by atoms with Gasteiger partial charge in [0.15, 0.2) is 5.13 Å². The number of thiazole rings is 1. The summed E-state index contributed by atoms with van der Waals surface area (Å²) in [5.41, 5.74) is 1.94. The highest BCUT2D eigenvalue weighted by atomic mass is 35.5. The van der Waals surface area contributed by atoms with E-state index in [1.54, 1.807) is 16.7 Å². The van der Waals surface area contributed by atoms with Crippen LogP contribution in [0.15, 0.2) is 47.4 Å². The second-order valence-corrected chi connectivity index (χ2v) is 9.01. The van der Waals surface area contributed by atoms with Gasteiger partial charge in [-0.3, -0.25) is 9.69 Å². The summed E-state index contributed by atoms with van der Waals surface area (Å²) < 4.78 is 1.01. The summed E-state index contributed by atoms with van der Waals surface area (Å²) in [6.07, 6.45) is 0. The Labute approximate surface area is 185 Å². The number of anilines is 1. The van der Waals surface area contributed by atoms with Crippen LogP contribution in [0.2, 0.25) is 5.02 Å². The third kappa shape index (κ3) is 5.84. The fourth-order valence-corrected chi connectivity index (χ4v) is 4.88. The van der Waals surface area contributed by atoms with Crippen LogP contribution in [-0.4, -0.2) is 48.7 Å². The van der Waals surface area contributed by atoms with E-state index < -0.39 is 0 Å². The van der Waals surface area contributed by atoms with E-state index in [1.165, 1.54) is 11.3 Å². The van der Waals surface area contributed by atoms with E-state index in [4.69, 9.17) is 16.6 Å². The second kappa shape index (κ2) is 10.5. The summed E-state index contributed by atoms with van der Waals surface area (Å²) in [4.78, 5) is 22.7. The van der Waals surface area contributed by atoms with Crippen LogP contribution in [0.5, 0.6) is 0 Å². The Kier molecular flexibility index (Phi) is 8.58. The molecule has 4 nitrogen and oxygen atoms in total. The molecule has 0 aliphatic rings. The first-order valence-corrected chi connectivity index (χ1v) is 10.8. The molecule has 0 atom stereocenters. The smallest absolute Gasteiger partial charge is 0.239 e. The first kappa shape index (κ1) is 23.0. The predicted octanol–water partition coefficient (Wildman–Crippen LogP) is 5.37. The Hall–Kier alpha value is -1.31. The van der Waals surface area contributed by atoms with Crippen LogP contribution in [0, 0.1) is 6.92 Å². The van der Waals surface area contributed by atoms with Gasteiger partial charge >= 0.3 is 0 Å². The fourth-order valence-electron chi connectivity index (χ4n) is 2.62. The Morgan fingerprint density at radius 1 is 1.18 bits per heavy atom. The molecule has 150 valence electrons. The summed E-state index contributed by atoms with van der Waals surface area (Å²) in [6.45, 7) is 3.38. The number of hydrogen-bond acceptors (Lipinski definition) is 5. The topological polar surface area (TPSA) is 36.4 Å². The number of likely N-dealkylation sites (N-methyl/N-ethyl adjacent to an activating group) is 1. The monoisotopic (exact) mass is 455 g/mol. The van der Waals surface area contributed by atoms with Gasteiger partial charge in [-0.15, -0.1) is 24.2 Å². The third-order valence-electron chi connectivity index (χ3n) is 4.05. The average molecular weight is 456 g/mol. The number of hydrogen-bond donors (Lipinski definition) is 0. The molecule has 3 aromatic rings. The van der Waals surface area contributed by atoms with E-state index in [-0.39, 0.29) is 18.3 Å². The number of carbonyl (C=O) groups is 1. The Balaban J connectivity index is 0.00000280. The maximum Gasteiger partial charge on any atom is 0.239 e. The zero-order valence-corrected chi connectivity index (χ0v) is 19.2. The number of aryl methyl sites for hydroxylation is 1. The lowest BCUT2D eigenvalue weighted by molar-refractivity contribution is -0.116. The molecule has 0 radical (unpaired) electrons. The average Bonchev–Trinajstić information content (AvgIpc) is 3.04. The zero-order valence-electron chi connectivity index (χ0n) is 16.0. The molecule has 1 heterocycles. The predicted molar refractivity (Wildman–Crippen MR) is 125 cm³/mol. The molecule has 8 heteroatoms. The molecule has 0 unspecified atom stereocenters. The van der Waals surface area contributed by atoms with Crippen molar-refractivity contribution in [2.45, 2.75) is 11.8 Å². The summed E-state index contributed by atoms with van der Waals surface area (Å²) >= 11 is 9.25. The Morgan fingerprint density at radius 3 is 2.57 bits per heavy atom. The van der Waals surface area contributed by atoms with Crippen molar-refractivity contribution < 1.29 is 4.79 Å². The number of nitrogens with zero attached hydrogens (tertiary/aromatic N) is 3. The number of carbonyl (C=O) groups excluding carboxylic acids is 1. The number of amides is 1. The van der Waals surface area contributed by atoms with Crippen LogP contribution in [-0.2, 0) is 4.79 Å². The van der Waals surface area contributed by atoms with Crippen molar-refractivity contribution in [3.63, 3.8) is 0 Å². The van der Waals surface area contributed by atoms with Gasteiger partial charge in [-0.2, -0.15) is 0 Å². The third-order valence-corrected chi connectivity index (χ3v) is 6.29. The van der Waals surface area contributed by atoms with Gasteiger partial charge in [0.1, 0.15) is 0 Å². The highest BCUT2D eigenvalue weighted by molar-refractivity contribution is 8.00. The molecular weight excluding hydrogens is 433 g/mol. The van der Waals surface area contributed by atoms with Crippen molar-refractivity contribution in [2.24, 2.45) is 0 Å². The van der Waals surface area contributed by atoms with Gasteiger partial charge in [-0.25, -0.2) is 4.98 Å². The Morgan fingerprint density at radius 2 is 1.89 bits per heavy atom. The number of fused-ring (bicyclic) bond motifs is 1. The molecule has 0 saturated heterocycles. The van der Waals surface area contributed by atoms with E-state index in [9.17, 15) is 4.79 Å². The number of benzene rings is 2. The lowest BCUT2D eigenvalue weighted by atomic mass is 10.2. The van der Waals surface area contributed by atoms with Crippen LogP contribution in [0.25, 0.3) is 10.2 Å². The maximum absolute atomic E-state index is 13.0. The molecule has 0 fully saturated rings. The minimum atomic E-state index is 0. The molecule has 2 aromatic carbocycles. The summed E-state index contributed by atoms with van der Waals surface area (Å²) in [5, 5.41) is 1.43. The molecule has 0 aliphatic carbocycles. The van der Waals surface area contributed by atoms with Crippen molar-refractivity contribution in [2.75, 3.05) is 37.8 Å². The molecule has 3 rings (SSSR count). The molecule has 28 heavy (non-hydrogen) atoms. The highest BCUT2D eigenvalue weighted by Crippen LogP contribution is 2.33. The molecule has 0 bridgehead atoms. The molecule has 1 amide bonds. The fraction of sp³-hybridized carbons (Fsp3) is 0.300. The second-order valence-electron chi connectivity index (χ2n) is 6.52. The van der Waals surface area contributed by atoms with Crippen LogP contribution in [0.3, 0.4) is 0 Å². The van der Waals surface area contributed by atoms with Gasteiger partial charge in [-0.1, -0.05) is 41.1 Å². The summed E-state index contributed by atoms with van der Waals surface area (Å²) in [5.74, 6) is 0.445. The van der Waals surface area contributed by atoms with Crippen molar-refractivity contribution in [1.82, 2.24) is 9.88 Å². The van der Waals surface area contributed by atoms with E-state index in [2.05, 4.69) is 4.90 Å². The normalized spacial score (nSPS) is 10.9. The molecule has 0 N–H and O–H groups in total. The van der Waals surface area contributed by atoms with Crippen LogP contribution >= 0.6 is 47.1 Å². The minimum Gasteiger partial charge on any atom is -0.308 e. The highest BCUT2D eigenvalue weighted by Gasteiger charge is 2.20. The standard InChI is InChI=1S/C20H22ClN3OS2.ClH/c1-14-11-15(21)12-17-19(14)22-20(27-17)24(10-9-23(2)3)18(25)13-26-16-7-5-4-6-8-16;/h4-8,11-12H,9-10,13H2,1-3H3;1H. The van der Waals surface area contributed by atoms with Gasteiger partial charge in [-0.05, 0) is 50.8 Å². The number of thioether (sulfide) groups is 1. The molecule has 0 aliphatic heterocycles. The minimum absolute atomic E-state index is 0. The number of rotatable bonds is 7. The van der Waals surface area contributed by atoms with Gasteiger partial charge in [0, 0.05) is 23.0 Å². The van der Waals surface area contributed by atoms with Gasteiger partial charge in [0.05, 0.1) is 16.0 Å². The van der Waals surface area contributed by atoms with Gasteiger partial charge < -0.3 is 4.90 Å². The van der Waals surface area contributed by atoms with Crippen molar-refractivity contribution in [3.05, 3.63) is 53.1 Å². The van der Waals surface area contributed by atoms with E-state index in [0.29, 0.717) is 17.3 Å². The lowest BCUT2D eigenvalue weighted by Gasteiger charge is -2.21. The number of aromatic nitrogens is 1. The van der Waals surface area contributed by atoms with E-state index in [0.717, 1.165) is 32.4 Å². The van der Waals surface area contributed by atoms with Gasteiger partial charge in [0.2, 0.25) is 5.91 Å². The Bertz CT molecular complexity index is 932. The van der Waals surface area contributed by atoms with Gasteiger partial charge in [0.25, 0.3) is 0 Å². The van der Waals surface area contributed by atoms with Crippen LogP contribution < -0.4 is 4.90 Å². The van der Waals surface area contributed by atoms with E-state index in [1.807, 2.05) is 63.5 Å². The largest absolute Gasteiger partial charge is 0.308 e. The molecule has 1 aromatic heterocycles. The molecule has 0 saturated carbocycles. The summed E-state index contributed by atoms with van der Waals surface area (Å²) in [6, 6.07) is 13.8. The summed E-state index contributed by atoms with van der Waals surface area (Å²) in [7, 11) is 4.01. The maximum atomic E-state index is 13.0. The number of halogens is 2. The first-order valence-electron chi connectivity index (χ1n) is 8.63. The SMILES string of the molecule is Cc1cc(Cl)cc2sc(N(CCN(C)C)C(=O)CSc3ccccc3)nc12.Cl. The zero-order chi connectivity index (χ0) is 19.4.